The molecule has 0 unspecified atom stereocenters. The van der Waals surface area contributed by atoms with Gasteiger partial charge in [-0.15, -0.1) is 0 Å². The Morgan fingerprint density at radius 2 is 1.94 bits per heavy atom. The zero-order chi connectivity index (χ0) is 11.7. The molecule has 4 nitrogen and oxygen atoms in total. The number of halogens is 2. The Hall–Kier alpha value is -1.44. The maximum absolute atomic E-state index is 13.6. The van der Waals surface area contributed by atoms with Crippen LogP contribution in [0.25, 0.3) is 11.1 Å². The fraction of sp³-hybridized carbons (Fsp3) is 0. The quantitative estimate of drug-likeness (QED) is 0.785. The van der Waals surface area contributed by atoms with Gasteiger partial charge in [-0.2, -0.15) is 4.98 Å². The minimum Gasteiger partial charge on any atom is -0.383 e. The summed E-state index contributed by atoms with van der Waals surface area (Å²) in [6, 6.07) is 4.74. The first-order valence-electron chi connectivity index (χ1n) is 4.41. The molecule has 82 valence electrons. The number of nitrogens with two attached hydrogens (primary N) is 2. The van der Waals surface area contributed by atoms with Gasteiger partial charge in [-0.1, -0.05) is 0 Å². The number of hydrogen-bond acceptors (Lipinski definition) is 4. The number of rotatable bonds is 1. The molecule has 4 N–H and O–H groups in total. The van der Waals surface area contributed by atoms with Crippen molar-refractivity contribution >= 4 is 34.4 Å². The van der Waals surface area contributed by atoms with Crippen molar-refractivity contribution < 1.29 is 4.39 Å². The molecule has 0 aliphatic carbocycles. The van der Waals surface area contributed by atoms with E-state index in [2.05, 4.69) is 32.6 Å². The molecule has 1 aromatic carbocycles. The van der Waals surface area contributed by atoms with Gasteiger partial charge < -0.3 is 11.5 Å². The van der Waals surface area contributed by atoms with Crippen LogP contribution in [0.4, 0.5) is 16.2 Å². The second-order valence-electron chi connectivity index (χ2n) is 3.15. The molecule has 0 spiro atoms. The smallest absolute Gasteiger partial charge is 0.221 e. The van der Waals surface area contributed by atoms with Crippen LogP contribution in [-0.2, 0) is 0 Å². The Kier molecular flexibility index (Phi) is 2.90. The summed E-state index contributed by atoms with van der Waals surface area (Å²) in [5.41, 5.74) is 11.9. The largest absolute Gasteiger partial charge is 0.383 e. The average Bonchev–Trinajstić information content (AvgIpc) is 2.22. The first kappa shape index (κ1) is 11.1. The lowest BCUT2D eigenvalue weighted by atomic mass is 10.1. The van der Waals surface area contributed by atoms with Crippen LogP contribution in [-0.4, -0.2) is 9.97 Å². The molecule has 0 bridgehead atoms. The van der Waals surface area contributed by atoms with Gasteiger partial charge in [0.2, 0.25) is 5.95 Å². The molecular weight excluding hydrogens is 322 g/mol. The number of hydrogen-bond donors (Lipinski definition) is 2. The van der Waals surface area contributed by atoms with Gasteiger partial charge in [-0.25, -0.2) is 9.37 Å². The summed E-state index contributed by atoms with van der Waals surface area (Å²) in [5.74, 6) is -0.110. The molecule has 0 radical (unpaired) electrons. The van der Waals surface area contributed by atoms with Crippen LogP contribution >= 0.6 is 22.6 Å². The summed E-state index contributed by atoms with van der Waals surface area (Å²) in [4.78, 5) is 7.60. The Bertz CT molecular complexity index is 544. The summed E-state index contributed by atoms with van der Waals surface area (Å²) in [5, 5.41) is 0. The van der Waals surface area contributed by atoms with E-state index in [1.807, 2.05) is 0 Å². The molecule has 6 heteroatoms. The van der Waals surface area contributed by atoms with Crippen molar-refractivity contribution in [2.75, 3.05) is 11.5 Å². The maximum Gasteiger partial charge on any atom is 0.221 e. The lowest BCUT2D eigenvalue weighted by Gasteiger charge is -2.06. The number of nitrogen functional groups attached to an aromatic ring is 2. The van der Waals surface area contributed by atoms with Gasteiger partial charge in [0.1, 0.15) is 11.6 Å². The summed E-state index contributed by atoms with van der Waals surface area (Å²) in [6.07, 6.45) is 1.42. The predicted molar refractivity (Wildman–Crippen MR) is 69.0 cm³/mol. The molecule has 1 heterocycles. The van der Waals surface area contributed by atoms with E-state index in [-0.39, 0.29) is 17.6 Å². The molecule has 1 aromatic heterocycles. The third kappa shape index (κ3) is 2.06. The number of aromatic nitrogens is 2. The van der Waals surface area contributed by atoms with Gasteiger partial charge in [-0.3, -0.25) is 0 Å². The Morgan fingerprint density at radius 1 is 1.19 bits per heavy atom. The summed E-state index contributed by atoms with van der Waals surface area (Å²) in [7, 11) is 0. The van der Waals surface area contributed by atoms with Crippen LogP contribution in [0.15, 0.2) is 24.4 Å². The van der Waals surface area contributed by atoms with Crippen LogP contribution in [0.1, 0.15) is 0 Å². The van der Waals surface area contributed by atoms with E-state index in [0.717, 1.165) is 3.57 Å². The molecule has 0 atom stereocenters. The third-order valence-electron chi connectivity index (χ3n) is 2.06. The molecule has 2 rings (SSSR count). The van der Waals surface area contributed by atoms with Gasteiger partial charge >= 0.3 is 0 Å². The number of anilines is 2. The van der Waals surface area contributed by atoms with Gasteiger partial charge in [0.05, 0.1) is 0 Å². The lowest BCUT2D eigenvalue weighted by Crippen LogP contribution is -2.01. The van der Waals surface area contributed by atoms with Crippen molar-refractivity contribution in [1.82, 2.24) is 9.97 Å². The first-order chi connectivity index (χ1) is 7.58. The van der Waals surface area contributed by atoms with Crippen molar-refractivity contribution in [2.24, 2.45) is 0 Å². The highest BCUT2D eigenvalue weighted by molar-refractivity contribution is 14.1. The molecule has 0 fully saturated rings. The first-order valence-corrected chi connectivity index (χ1v) is 5.49. The highest BCUT2D eigenvalue weighted by Gasteiger charge is 2.10. The van der Waals surface area contributed by atoms with E-state index in [9.17, 15) is 4.39 Å². The van der Waals surface area contributed by atoms with Crippen LogP contribution < -0.4 is 11.5 Å². The molecule has 0 amide bonds. The Labute approximate surface area is 105 Å². The molecule has 16 heavy (non-hydrogen) atoms. The van der Waals surface area contributed by atoms with Gasteiger partial charge in [0.25, 0.3) is 0 Å². The topological polar surface area (TPSA) is 77.8 Å². The minimum absolute atomic E-state index is 0.0762. The van der Waals surface area contributed by atoms with E-state index in [0.29, 0.717) is 11.1 Å². The van der Waals surface area contributed by atoms with Crippen LogP contribution in [0.3, 0.4) is 0 Å². The summed E-state index contributed by atoms with van der Waals surface area (Å²) < 4.78 is 14.5. The lowest BCUT2D eigenvalue weighted by molar-refractivity contribution is 0.631. The maximum atomic E-state index is 13.6. The molecule has 0 saturated heterocycles. The van der Waals surface area contributed by atoms with Crippen molar-refractivity contribution in [1.29, 1.82) is 0 Å². The van der Waals surface area contributed by atoms with Crippen LogP contribution in [0.2, 0.25) is 0 Å². The molecular formula is C10H8FIN4. The highest BCUT2D eigenvalue weighted by Crippen LogP contribution is 2.28. The van der Waals surface area contributed by atoms with E-state index >= 15 is 0 Å². The second kappa shape index (κ2) is 4.20. The molecule has 0 saturated carbocycles. The van der Waals surface area contributed by atoms with Gasteiger partial charge in [0, 0.05) is 20.9 Å². The van der Waals surface area contributed by atoms with Crippen molar-refractivity contribution in [3.63, 3.8) is 0 Å². The van der Waals surface area contributed by atoms with Gasteiger partial charge in [-0.05, 0) is 40.8 Å². The third-order valence-corrected chi connectivity index (χ3v) is 2.73. The van der Waals surface area contributed by atoms with Crippen molar-refractivity contribution in [3.05, 3.63) is 33.8 Å². The van der Waals surface area contributed by atoms with E-state index in [1.54, 1.807) is 12.1 Å². The summed E-state index contributed by atoms with van der Waals surface area (Å²) >= 11 is 2.09. The highest BCUT2D eigenvalue weighted by atomic mass is 127. The van der Waals surface area contributed by atoms with E-state index in [4.69, 9.17) is 11.5 Å². The number of nitrogens with zero attached hydrogens (tertiary/aromatic N) is 2. The minimum atomic E-state index is -0.361. The fourth-order valence-electron chi connectivity index (χ4n) is 1.32. The average molecular weight is 330 g/mol. The Morgan fingerprint density at radius 3 is 2.62 bits per heavy atom. The molecule has 2 aromatic rings. The van der Waals surface area contributed by atoms with Gasteiger partial charge in [0.15, 0.2) is 0 Å². The van der Waals surface area contributed by atoms with Crippen molar-refractivity contribution in [3.8, 4) is 11.1 Å². The SMILES string of the molecule is Nc1ncc(-c2cc(I)ccc2F)c(N)n1. The molecule has 0 aliphatic rings. The van der Waals surface area contributed by atoms with E-state index in [1.165, 1.54) is 12.3 Å². The monoisotopic (exact) mass is 330 g/mol. The number of benzene rings is 1. The van der Waals surface area contributed by atoms with Crippen LogP contribution in [0.5, 0.6) is 0 Å². The second-order valence-corrected chi connectivity index (χ2v) is 4.40. The van der Waals surface area contributed by atoms with Crippen LogP contribution in [0, 0.1) is 9.39 Å². The zero-order valence-electron chi connectivity index (χ0n) is 8.11. The van der Waals surface area contributed by atoms with Crippen molar-refractivity contribution in [2.45, 2.75) is 0 Å². The summed E-state index contributed by atoms with van der Waals surface area (Å²) in [6.45, 7) is 0. The standard InChI is InChI=1S/C10H8FIN4/c11-8-2-1-5(12)3-6(8)7-4-15-10(14)16-9(7)13/h1-4H,(H4,13,14,15,16). The fourth-order valence-corrected chi connectivity index (χ4v) is 1.81. The van der Waals surface area contributed by atoms with E-state index < -0.39 is 0 Å². The zero-order valence-corrected chi connectivity index (χ0v) is 10.3. The molecule has 0 aliphatic heterocycles. The predicted octanol–water partition coefficient (Wildman–Crippen LogP) is 2.05. The Balaban J connectivity index is 2.62. The normalized spacial score (nSPS) is 10.4.